The van der Waals surface area contributed by atoms with Gasteiger partial charge in [-0.2, -0.15) is 0 Å². The van der Waals surface area contributed by atoms with Crippen molar-refractivity contribution in [3.8, 4) is 0 Å². The SMILES string of the molecule is COCCC[C@@H](C)[C@H]1CC[C@H]2[C@@H]3[C@H](OC)C[C@@H]4CS(=O)CC[C@]4(C)[C@H]3C[C@H](OC)[C@]12C. The average Bonchev–Trinajstić information content (AvgIpc) is 3.11. The van der Waals surface area contributed by atoms with Crippen molar-refractivity contribution in [2.45, 2.75) is 77.9 Å². The molecule has 4 fully saturated rings. The van der Waals surface area contributed by atoms with E-state index >= 15 is 0 Å². The van der Waals surface area contributed by atoms with E-state index in [1.165, 1.54) is 19.3 Å². The zero-order valence-electron chi connectivity index (χ0n) is 20.7. The van der Waals surface area contributed by atoms with Gasteiger partial charge in [0.2, 0.25) is 0 Å². The van der Waals surface area contributed by atoms with Crippen LogP contribution in [0.4, 0.5) is 0 Å². The summed E-state index contributed by atoms with van der Waals surface area (Å²) in [6, 6.07) is 0. The Morgan fingerprint density at radius 1 is 1.06 bits per heavy atom. The Hall–Kier alpha value is 0.0300. The van der Waals surface area contributed by atoms with Crippen LogP contribution >= 0.6 is 0 Å². The molecule has 3 saturated carbocycles. The van der Waals surface area contributed by atoms with Crippen LogP contribution in [0.5, 0.6) is 0 Å². The van der Waals surface area contributed by atoms with Gasteiger partial charge in [-0.15, -0.1) is 0 Å². The third-order valence-corrected chi connectivity index (χ3v) is 12.2. The molecule has 31 heavy (non-hydrogen) atoms. The van der Waals surface area contributed by atoms with E-state index in [1.54, 1.807) is 0 Å². The van der Waals surface area contributed by atoms with E-state index in [0.29, 0.717) is 47.7 Å². The van der Waals surface area contributed by atoms with Gasteiger partial charge in [0.25, 0.3) is 0 Å². The molecule has 3 aliphatic carbocycles. The predicted molar refractivity (Wildman–Crippen MR) is 126 cm³/mol. The molecule has 11 atom stereocenters. The summed E-state index contributed by atoms with van der Waals surface area (Å²) in [5, 5.41) is 0. The minimum Gasteiger partial charge on any atom is -0.385 e. The zero-order valence-corrected chi connectivity index (χ0v) is 21.5. The number of fused-ring (bicyclic) bond motifs is 5. The number of methoxy groups -OCH3 is 3. The lowest BCUT2D eigenvalue weighted by molar-refractivity contribution is -0.205. The molecule has 1 heterocycles. The monoisotopic (exact) mass is 454 g/mol. The fourth-order valence-corrected chi connectivity index (χ4v) is 10.8. The molecule has 4 nitrogen and oxygen atoms in total. The lowest BCUT2D eigenvalue weighted by Crippen LogP contribution is -2.63. The summed E-state index contributed by atoms with van der Waals surface area (Å²) in [7, 11) is 5.03. The van der Waals surface area contributed by atoms with Crippen LogP contribution < -0.4 is 0 Å². The Balaban J connectivity index is 1.65. The molecule has 0 aromatic rings. The summed E-state index contributed by atoms with van der Waals surface area (Å²) in [5.41, 5.74) is 0.508. The Labute approximate surface area is 193 Å². The highest BCUT2D eigenvalue weighted by Crippen LogP contribution is 2.68. The van der Waals surface area contributed by atoms with Gasteiger partial charge >= 0.3 is 0 Å². The van der Waals surface area contributed by atoms with E-state index in [0.717, 1.165) is 43.8 Å². The largest absolute Gasteiger partial charge is 0.385 e. The normalized spacial score (nSPS) is 50.4. The molecule has 1 unspecified atom stereocenters. The number of hydrogen-bond donors (Lipinski definition) is 0. The third-order valence-electron chi connectivity index (χ3n) is 10.7. The van der Waals surface area contributed by atoms with Gasteiger partial charge in [0.05, 0.1) is 12.2 Å². The molecule has 0 amide bonds. The molecule has 180 valence electrons. The molecule has 0 N–H and O–H groups in total. The lowest BCUT2D eigenvalue weighted by atomic mass is 9.44. The molecular weight excluding hydrogens is 408 g/mol. The molecule has 0 bridgehead atoms. The highest BCUT2D eigenvalue weighted by atomic mass is 32.2. The summed E-state index contributed by atoms with van der Waals surface area (Å²) in [4.78, 5) is 0. The molecule has 0 spiro atoms. The van der Waals surface area contributed by atoms with Gasteiger partial charge in [0.15, 0.2) is 0 Å². The van der Waals surface area contributed by atoms with Gasteiger partial charge < -0.3 is 14.2 Å². The van der Waals surface area contributed by atoms with Crippen LogP contribution in [-0.2, 0) is 25.0 Å². The van der Waals surface area contributed by atoms with E-state index in [2.05, 4.69) is 20.8 Å². The van der Waals surface area contributed by atoms with Crippen LogP contribution in [0.15, 0.2) is 0 Å². The Kier molecular flexibility index (Phi) is 7.29. The van der Waals surface area contributed by atoms with Gasteiger partial charge in [0, 0.05) is 55.7 Å². The number of rotatable bonds is 7. The van der Waals surface area contributed by atoms with Crippen LogP contribution in [-0.4, -0.2) is 55.9 Å². The number of hydrogen-bond acceptors (Lipinski definition) is 4. The fourth-order valence-electron chi connectivity index (χ4n) is 9.04. The van der Waals surface area contributed by atoms with E-state index in [4.69, 9.17) is 14.2 Å². The minimum absolute atomic E-state index is 0.222. The minimum atomic E-state index is -0.651. The molecule has 0 aromatic heterocycles. The maximum atomic E-state index is 12.4. The third kappa shape index (κ3) is 3.88. The van der Waals surface area contributed by atoms with Crippen LogP contribution in [0.3, 0.4) is 0 Å². The zero-order chi connectivity index (χ0) is 22.4. The second-order valence-electron chi connectivity index (χ2n) is 11.7. The highest BCUT2D eigenvalue weighted by molar-refractivity contribution is 7.85. The summed E-state index contributed by atoms with van der Waals surface area (Å²) in [6.07, 6.45) is 8.99. The predicted octanol–water partition coefficient (Wildman–Crippen LogP) is 4.93. The van der Waals surface area contributed by atoms with E-state index in [9.17, 15) is 4.21 Å². The Morgan fingerprint density at radius 3 is 2.52 bits per heavy atom. The number of ether oxygens (including phenoxy) is 3. The van der Waals surface area contributed by atoms with Crippen LogP contribution in [0.1, 0.15) is 65.7 Å². The van der Waals surface area contributed by atoms with Crippen molar-refractivity contribution in [1.29, 1.82) is 0 Å². The summed E-state index contributed by atoms with van der Waals surface area (Å²) >= 11 is 0. The lowest BCUT2D eigenvalue weighted by Gasteiger charge is -2.64. The Morgan fingerprint density at radius 2 is 1.84 bits per heavy atom. The van der Waals surface area contributed by atoms with Crippen molar-refractivity contribution < 1.29 is 18.4 Å². The average molecular weight is 455 g/mol. The summed E-state index contributed by atoms with van der Waals surface area (Å²) in [6.45, 7) is 8.41. The van der Waals surface area contributed by atoms with Crippen LogP contribution in [0.25, 0.3) is 0 Å². The molecule has 1 saturated heterocycles. The molecule has 5 heteroatoms. The maximum Gasteiger partial charge on any atom is 0.0633 e. The van der Waals surface area contributed by atoms with Crippen molar-refractivity contribution >= 4 is 10.8 Å². The van der Waals surface area contributed by atoms with E-state index < -0.39 is 10.8 Å². The van der Waals surface area contributed by atoms with Crippen molar-refractivity contribution in [3.05, 3.63) is 0 Å². The van der Waals surface area contributed by atoms with Gasteiger partial charge in [-0.25, -0.2) is 0 Å². The smallest absolute Gasteiger partial charge is 0.0633 e. The second kappa shape index (κ2) is 9.35. The summed E-state index contributed by atoms with van der Waals surface area (Å²) < 4.78 is 30.3. The quantitative estimate of drug-likeness (QED) is 0.512. The summed E-state index contributed by atoms with van der Waals surface area (Å²) in [5.74, 6) is 5.60. The van der Waals surface area contributed by atoms with Crippen LogP contribution in [0, 0.1) is 46.3 Å². The van der Waals surface area contributed by atoms with Crippen molar-refractivity contribution in [1.82, 2.24) is 0 Å². The van der Waals surface area contributed by atoms with Gasteiger partial charge in [-0.05, 0) is 85.9 Å². The highest BCUT2D eigenvalue weighted by Gasteiger charge is 2.66. The van der Waals surface area contributed by atoms with Crippen molar-refractivity contribution in [2.75, 3.05) is 39.4 Å². The van der Waals surface area contributed by atoms with Gasteiger partial charge in [0.1, 0.15) is 0 Å². The van der Waals surface area contributed by atoms with Crippen molar-refractivity contribution in [3.63, 3.8) is 0 Å². The van der Waals surface area contributed by atoms with E-state index in [-0.39, 0.29) is 10.8 Å². The molecule has 1 aliphatic heterocycles. The standard InChI is InChI=1S/C26H46O4S/c1-17(8-7-12-28-4)19-9-10-20-24-21(15-23(30-6)26(19,20)3)25(2)11-13-31(27)16-18(25)14-22(24)29-5/h17-24H,7-16H2,1-6H3/t17-,18-,19-,20+,21+,22-,23+,24+,25+,26-,31?/m1/s1. The van der Waals surface area contributed by atoms with Gasteiger partial charge in [-0.1, -0.05) is 20.8 Å². The van der Waals surface area contributed by atoms with Crippen LogP contribution in [0.2, 0.25) is 0 Å². The molecule has 4 rings (SSSR count). The topological polar surface area (TPSA) is 44.8 Å². The second-order valence-corrected chi connectivity index (χ2v) is 13.3. The maximum absolute atomic E-state index is 12.4. The molecule has 0 radical (unpaired) electrons. The van der Waals surface area contributed by atoms with Gasteiger partial charge in [-0.3, -0.25) is 4.21 Å². The first-order chi connectivity index (χ1) is 14.8. The first-order valence-electron chi connectivity index (χ1n) is 12.7. The molecule has 4 aliphatic rings. The first-order valence-corrected chi connectivity index (χ1v) is 14.2. The molecular formula is C26H46O4S. The van der Waals surface area contributed by atoms with Crippen molar-refractivity contribution in [2.24, 2.45) is 46.3 Å². The Bertz CT molecular complexity index is 655. The molecule has 0 aromatic carbocycles. The first kappa shape index (κ1) is 24.2. The van der Waals surface area contributed by atoms with E-state index in [1.807, 2.05) is 21.3 Å². The fraction of sp³-hybridized carbons (Fsp3) is 1.00.